The van der Waals surface area contributed by atoms with E-state index in [2.05, 4.69) is 34.4 Å². The first-order valence-electron chi connectivity index (χ1n) is 18.7. The summed E-state index contributed by atoms with van der Waals surface area (Å²) >= 11 is 3.76. The lowest BCUT2D eigenvalue weighted by Crippen LogP contribution is -2.59. The average molecular weight is 809 g/mol. The summed E-state index contributed by atoms with van der Waals surface area (Å²) in [6.45, 7) is 15.3. The second-order valence-corrected chi connectivity index (χ2v) is 16.3. The van der Waals surface area contributed by atoms with Gasteiger partial charge in [-0.15, -0.1) is 13.2 Å². The van der Waals surface area contributed by atoms with E-state index >= 15 is 9.59 Å². The summed E-state index contributed by atoms with van der Waals surface area (Å²) in [6, 6.07) is 12.3. The van der Waals surface area contributed by atoms with Gasteiger partial charge >= 0.3 is 5.97 Å². The van der Waals surface area contributed by atoms with Crippen LogP contribution in [0.25, 0.3) is 0 Å². The summed E-state index contributed by atoms with van der Waals surface area (Å²) in [6.07, 6.45) is 2.92. The Labute approximate surface area is 327 Å². The Bertz CT molecular complexity index is 1700. The lowest BCUT2D eigenvalue weighted by Gasteiger charge is -2.40. The predicted octanol–water partition coefficient (Wildman–Crippen LogP) is 5.36. The SMILES string of the molecule is C=CCCC(=O)N[C@@H](COC)[C@@H](OC(=O)[C@H]1[C@@H]2O[C@@]3(CC2Br)[C@@H]1C(=O)N([C@@H](CO)CC(C)C)[C@@H]3C(=O)N(CC=C)c1cc(C)ccc1C)c1ccccc1. The zero-order chi connectivity index (χ0) is 39.3. The molecule has 1 spiro atoms. The van der Waals surface area contributed by atoms with E-state index in [1.54, 1.807) is 29.2 Å². The fourth-order valence-electron chi connectivity index (χ4n) is 8.55. The van der Waals surface area contributed by atoms with Crippen molar-refractivity contribution in [1.29, 1.82) is 0 Å². The molecule has 11 nitrogen and oxygen atoms in total. The molecule has 3 amide bonds. The number of carbonyl (C=O) groups excluding carboxylic acids is 4. The number of aliphatic hydroxyl groups excluding tert-OH is 1. The normalized spacial score (nSPS) is 25.9. The van der Waals surface area contributed by atoms with Crippen molar-refractivity contribution in [2.24, 2.45) is 17.8 Å². The number of likely N-dealkylation sites (tertiary alicyclic amines) is 1. The molecule has 3 saturated heterocycles. The highest BCUT2D eigenvalue weighted by Gasteiger charge is 2.77. The summed E-state index contributed by atoms with van der Waals surface area (Å²) in [7, 11) is 1.50. The number of aryl methyl sites for hydroxylation is 2. The largest absolute Gasteiger partial charge is 0.455 e. The first kappa shape index (κ1) is 41.3. The van der Waals surface area contributed by atoms with Crippen molar-refractivity contribution in [1.82, 2.24) is 10.2 Å². The maximum atomic E-state index is 15.2. The number of aliphatic hydroxyl groups is 1. The number of nitrogens with one attached hydrogen (secondary N) is 1. The van der Waals surface area contributed by atoms with Crippen LogP contribution in [0.3, 0.4) is 0 Å². The predicted molar refractivity (Wildman–Crippen MR) is 210 cm³/mol. The van der Waals surface area contributed by atoms with Gasteiger partial charge in [-0.3, -0.25) is 19.2 Å². The third kappa shape index (κ3) is 8.08. The van der Waals surface area contributed by atoms with Crippen LogP contribution in [0.4, 0.5) is 5.69 Å². The van der Waals surface area contributed by atoms with Crippen LogP contribution in [-0.2, 0) is 33.4 Å². The molecule has 0 saturated carbocycles. The molecule has 2 bridgehead atoms. The summed E-state index contributed by atoms with van der Waals surface area (Å²) in [5.74, 6) is -3.82. The van der Waals surface area contributed by atoms with Crippen LogP contribution in [0.1, 0.15) is 62.3 Å². The minimum absolute atomic E-state index is 0.0416. The number of nitrogens with zero attached hydrogens (tertiary/aromatic N) is 2. The lowest BCUT2D eigenvalue weighted by molar-refractivity contribution is -0.163. The zero-order valence-corrected chi connectivity index (χ0v) is 33.5. The Kier molecular flexibility index (Phi) is 13.6. The van der Waals surface area contributed by atoms with E-state index in [4.69, 9.17) is 14.2 Å². The quantitative estimate of drug-likeness (QED) is 0.117. The molecule has 0 aromatic heterocycles. The number of alkyl halides is 1. The van der Waals surface area contributed by atoms with Crippen LogP contribution >= 0.6 is 15.9 Å². The van der Waals surface area contributed by atoms with Crippen molar-refractivity contribution in [2.75, 3.05) is 31.8 Å². The first-order chi connectivity index (χ1) is 25.8. The first-order valence-corrected chi connectivity index (χ1v) is 19.6. The molecule has 54 heavy (non-hydrogen) atoms. The van der Waals surface area contributed by atoms with Gasteiger partial charge < -0.3 is 34.4 Å². The van der Waals surface area contributed by atoms with Crippen LogP contribution in [0.5, 0.6) is 0 Å². The minimum atomic E-state index is -1.40. The van der Waals surface area contributed by atoms with Crippen molar-refractivity contribution in [3.05, 3.63) is 90.5 Å². The molecular formula is C42H54BrN3O8. The van der Waals surface area contributed by atoms with Gasteiger partial charge in [0.05, 0.1) is 43.2 Å². The van der Waals surface area contributed by atoms with Crippen LogP contribution in [0.2, 0.25) is 0 Å². The van der Waals surface area contributed by atoms with Gasteiger partial charge in [0.2, 0.25) is 11.8 Å². The molecule has 2 N–H and O–H groups in total. The highest BCUT2D eigenvalue weighted by molar-refractivity contribution is 9.09. The van der Waals surface area contributed by atoms with E-state index in [-0.39, 0.29) is 55.2 Å². The second kappa shape index (κ2) is 17.7. The van der Waals surface area contributed by atoms with E-state index in [1.807, 2.05) is 64.1 Å². The minimum Gasteiger partial charge on any atom is -0.455 e. The fraction of sp³-hybridized carbons (Fsp3) is 0.524. The van der Waals surface area contributed by atoms with E-state index < -0.39 is 59.6 Å². The molecular weight excluding hydrogens is 754 g/mol. The molecule has 0 radical (unpaired) electrons. The third-order valence-electron chi connectivity index (χ3n) is 10.8. The van der Waals surface area contributed by atoms with Gasteiger partial charge in [-0.2, -0.15) is 0 Å². The number of hydrogen-bond donors (Lipinski definition) is 2. The number of rotatable bonds is 18. The highest BCUT2D eigenvalue weighted by Crippen LogP contribution is 2.61. The topological polar surface area (TPSA) is 135 Å². The Morgan fingerprint density at radius 3 is 2.50 bits per heavy atom. The molecule has 0 aliphatic carbocycles. The number of esters is 1. The number of methoxy groups -OCH3 is 1. The number of carbonyl (C=O) groups is 4. The van der Waals surface area contributed by atoms with Gasteiger partial charge in [0.25, 0.3) is 5.91 Å². The van der Waals surface area contributed by atoms with Crippen molar-refractivity contribution >= 4 is 45.3 Å². The molecule has 3 heterocycles. The van der Waals surface area contributed by atoms with Crippen molar-refractivity contribution in [3.63, 3.8) is 0 Å². The average Bonchev–Trinajstić information content (AvgIpc) is 3.75. The Morgan fingerprint density at radius 2 is 1.87 bits per heavy atom. The molecule has 12 heteroatoms. The zero-order valence-electron chi connectivity index (χ0n) is 31.9. The lowest BCUT2D eigenvalue weighted by atomic mass is 9.70. The van der Waals surface area contributed by atoms with Crippen molar-refractivity contribution < 1.29 is 38.5 Å². The van der Waals surface area contributed by atoms with Crippen molar-refractivity contribution in [3.8, 4) is 0 Å². The number of anilines is 1. The standard InChI is InChI=1S/C42H54BrN3O8/c1-8-10-16-33(48)44-31(24-52-7)36(28-14-12-11-13-15-28)53-41(51)34-35-39(49)46(29(23-47)20-25(3)4)38(42(35)22-30(43)37(34)54-42)40(50)45(19-9-2)32-21-26(5)17-18-27(32)6/h8-9,11-15,17-18,21,25,29-31,34-38,47H,1-2,10,16,19-20,22-24H2,3-7H3,(H,44,48)/t29-,30?,31+,34-,35+,36+,37-,38-,42+/m1/s1. The molecule has 292 valence electrons. The second-order valence-electron chi connectivity index (χ2n) is 15.1. The van der Waals surface area contributed by atoms with E-state index in [1.165, 1.54) is 12.0 Å². The van der Waals surface area contributed by atoms with Gasteiger partial charge in [0.1, 0.15) is 17.7 Å². The molecule has 3 aliphatic rings. The summed E-state index contributed by atoms with van der Waals surface area (Å²) in [5, 5.41) is 13.8. The van der Waals surface area contributed by atoms with Crippen LogP contribution in [0, 0.1) is 31.6 Å². The van der Waals surface area contributed by atoms with Gasteiger partial charge in [-0.25, -0.2) is 0 Å². The summed E-state index contributed by atoms with van der Waals surface area (Å²) < 4.78 is 18.7. The van der Waals surface area contributed by atoms with Gasteiger partial charge in [0.15, 0.2) is 0 Å². The molecule has 3 fully saturated rings. The number of amides is 3. The maximum absolute atomic E-state index is 15.2. The van der Waals surface area contributed by atoms with Gasteiger partial charge in [-0.1, -0.05) is 84.4 Å². The fourth-order valence-corrected chi connectivity index (χ4v) is 9.49. The van der Waals surface area contributed by atoms with Gasteiger partial charge in [0, 0.05) is 30.6 Å². The van der Waals surface area contributed by atoms with Crippen LogP contribution in [-0.4, -0.2) is 95.2 Å². The Balaban J connectivity index is 1.58. The number of hydrogen-bond acceptors (Lipinski definition) is 8. The highest BCUT2D eigenvalue weighted by atomic mass is 79.9. The summed E-state index contributed by atoms with van der Waals surface area (Å²) in [5.41, 5.74) is 1.74. The Hall–Kier alpha value is -3.84. The third-order valence-corrected chi connectivity index (χ3v) is 11.7. The molecule has 9 atom stereocenters. The van der Waals surface area contributed by atoms with E-state index in [0.717, 1.165) is 11.1 Å². The molecule has 5 rings (SSSR count). The molecule has 3 aliphatic heterocycles. The number of allylic oxidation sites excluding steroid dienone is 1. The van der Waals surface area contributed by atoms with Gasteiger partial charge in [-0.05, 0) is 61.8 Å². The van der Waals surface area contributed by atoms with Crippen LogP contribution in [0.15, 0.2) is 73.8 Å². The maximum Gasteiger partial charge on any atom is 0.313 e. The van der Waals surface area contributed by atoms with Crippen molar-refractivity contribution in [2.45, 2.75) is 94.1 Å². The number of fused-ring (bicyclic) bond motifs is 1. The molecule has 1 unspecified atom stereocenters. The van der Waals surface area contributed by atoms with Crippen LogP contribution < -0.4 is 10.2 Å². The monoisotopic (exact) mass is 807 g/mol. The van der Waals surface area contributed by atoms with E-state index in [0.29, 0.717) is 24.1 Å². The summed E-state index contributed by atoms with van der Waals surface area (Å²) in [4.78, 5) is 60.6. The molecule has 2 aromatic rings. The number of halogens is 1. The smallest absolute Gasteiger partial charge is 0.313 e. The van der Waals surface area contributed by atoms with E-state index in [9.17, 15) is 14.7 Å². The number of benzene rings is 2. The Morgan fingerprint density at radius 1 is 1.15 bits per heavy atom. The number of ether oxygens (including phenoxy) is 3. The molecule has 2 aromatic carbocycles.